The van der Waals surface area contributed by atoms with Gasteiger partial charge in [0.1, 0.15) is 5.75 Å². The Hall–Kier alpha value is -1.51. The molecular weight excluding hydrogens is 419 g/mol. The Kier molecular flexibility index (Phi) is 11.2. The van der Waals surface area contributed by atoms with Crippen LogP contribution in [0.15, 0.2) is 23.2 Å². The van der Waals surface area contributed by atoms with Crippen LogP contribution in [0.5, 0.6) is 5.75 Å². The van der Waals surface area contributed by atoms with Gasteiger partial charge in [-0.3, -0.25) is 4.79 Å². The van der Waals surface area contributed by atoms with E-state index in [1.165, 1.54) is 6.92 Å². The van der Waals surface area contributed by atoms with E-state index in [9.17, 15) is 4.79 Å². The number of rotatable bonds is 7. The van der Waals surface area contributed by atoms with Crippen molar-refractivity contribution in [1.29, 1.82) is 0 Å². The summed E-state index contributed by atoms with van der Waals surface area (Å²) in [5.74, 6) is 1.30. The molecule has 1 unspecified atom stereocenters. The first-order valence-electron chi connectivity index (χ1n) is 7.99. The lowest BCUT2D eigenvalue weighted by atomic mass is 10.2. The zero-order chi connectivity index (χ0) is 17.2. The van der Waals surface area contributed by atoms with Crippen molar-refractivity contribution in [2.75, 3.05) is 19.0 Å². The Morgan fingerprint density at radius 3 is 2.58 bits per heavy atom. The second-order valence-corrected chi connectivity index (χ2v) is 5.36. The van der Waals surface area contributed by atoms with Gasteiger partial charge in [0.2, 0.25) is 5.91 Å². The summed E-state index contributed by atoms with van der Waals surface area (Å²) in [4.78, 5) is 15.9. The van der Waals surface area contributed by atoms with E-state index >= 15 is 0 Å². The molecule has 1 aromatic rings. The van der Waals surface area contributed by atoms with Gasteiger partial charge in [0.25, 0.3) is 0 Å². The number of methoxy groups -OCH3 is 1. The molecule has 0 saturated carbocycles. The van der Waals surface area contributed by atoms with E-state index in [0.717, 1.165) is 24.5 Å². The SMILES string of the molecule is CCNC(=NCc1ccc(OC)c(NC(C)=O)c1)NC(C)CC.I. The lowest BCUT2D eigenvalue weighted by molar-refractivity contribution is -0.114. The molecule has 0 fully saturated rings. The predicted molar refractivity (Wildman–Crippen MR) is 110 cm³/mol. The molecular formula is C17H29IN4O2. The number of carbonyl (C=O) groups is 1. The van der Waals surface area contributed by atoms with Gasteiger partial charge in [0.05, 0.1) is 19.3 Å². The second-order valence-electron chi connectivity index (χ2n) is 5.36. The molecule has 0 aromatic heterocycles. The summed E-state index contributed by atoms with van der Waals surface area (Å²) in [7, 11) is 1.58. The fourth-order valence-corrected chi connectivity index (χ4v) is 1.97. The summed E-state index contributed by atoms with van der Waals surface area (Å²) in [6.45, 7) is 9.09. The number of nitrogens with zero attached hydrogens (tertiary/aromatic N) is 1. The molecule has 7 heteroatoms. The number of ether oxygens (including phenoxy) is 1. The van der Waals surface area contributed by atoms with Crippen LogP contribution in [-0.2, 0) is 11.3 Å². The fraction of sp³-hybridized carbons (Fsp3) is 0.529. The summed E-state index contributed by atoms with van der Waals surface area (Å²) in [5.41, 5.74) is 1.66. The van der Waals surface area contributed by atoms with Crippen LogP contribution in [0.2, 0.25) is 0 Å². The van der Waals surface area contributed by atoms with Gasteiger partial charge in [0, 0.05) is 19.5 Å². The van der Waals surface area contributed by atoms with Crippen LogP contribution in [0.4, 0.5) is 5.69 Å². The lowest BCUT2D eigenvalue weighted by Gasteiger charge is -2.16. The number of halogens is 1. The van der Waals surface area contributed by atoms with Crippen molar-refractivity contribution in [2.45, 2.75) is 46.7 Å². The van der Waals surface area contributed by atoms with Crippen LogP contribution >= 0.6 is 24.0 Å². The highest BCUT2D eigenvalue weighted by molar-refractivity contribution is 14.0. The van der Waals surface area contributed by atoms with Gasteiger partial charge in [0.15, 0.2) is 5.96 Å². The summed E-state index contributed by atoms with van der Waals surface area (Å²) >= 11 is 0. The maximum atomic E-state index is 11.3. The number of anilines is 1. The number of aliphatic imine (C=N–C) groups is 1. The number of amides is 1. The van der Waals surface area contributed by atoms with Crippen LogP contribution in [0, 0.1) is 0 Å². The Balaban J connectivity index is 0.00000529. The Bertz CT molecular complexity index is 549. The predicted octanol–water partition coefficient (Wildman–Crippen LogP) is 3.13. The van der Waals surface area contributed by atoms with Gasteiger partial charge in [-0.2, -0.15) is 0 Å². The zero-order valence-electron chi connectivity index (χ0n) is 15.1. The van der Waals surface area contributed by atoms with Gasteiger partial charge in [-0.05, 0) is 38.0 Å². The second kappa shape index (κ2) is 11.9. The van der Waals surface area contributed by atoms with Gasteiger partial charge >= 0.3 is 0 Å². The number of carbonyl (C=O) groups excluding carboxylic acids is 1. The van der Waals surface area contributed by atoms with E-state index in [0.29, 0.717) is 24.0 Å². The van der Waals surface area contributed by atoms with Crippen molar-refractivity contribution in [3.05, 3.63) is 23.8 Å². The Morgan fingerprint density at radius 2 is 2.04 bits per heavy atom. The quantitative estimate of drug-likeness (QED) is 0.341. The van der Waals surface area contributed by atoms with Crippen molar-refractivity contribution in [3.8, 4) is 5.75 Å². The van der Waals surface area contributed by atoms with Crippen LogP contribution in [0.3, 0.4) is 0 Å². The number of guanidine groups is 1. The molecule has 24 heavy (non-hydrogen) atoms. The van der Waals surface area contributed by atoms with Crippen molar-refractivity contribution in [3.63, 3.8) is 0 Å². The lowest BCUT2D eigenvalue weighted by Crippen LogP contribution is -2.41. The molecule has 0 aliphatic heterocycles. The highest BCUT2D eigenvalue weighted by Crippen LogP contribution is 2.25. The van der Waals surface area contributed by atoms with Crippen molar-refractivity contribution >= 4 is 41.5 Å². The molecule has 0 heterocycles. The van der Waals surface area contributed by atoms with Gasteiger partial charge in [-0.25, -0.2) is 4.99 Å². The summed E-state index contributed by atoms with van der Waals surface area (Å²) in [6, 6.07) is 6.03. The van der Waals surface area contributed by atoms with E-state index in [1.807, 2.05) is 25.1 Å². The maximum absolute atomic E-state index is 11.3. The summed E-state index contributed by atoms with van der Waals surface area (Å²) in [5, 5.41) is 9.36. The number of hydrogen-bond donors (Lipinski definition) is 3. The first-order valence-corrected chi connectivity index (χ1v) is 7.99. The Labute approximate surface area is 161 Å². The standard InChI is InChI=1S/C17H28N4O2.HI/c1-6-12(3)20-17(18-7-2)19-11-14-8-9-16(23-5)15(10-14)21-13(4)22;/h8-10,12H,6-7,11H2,1-5H3,(H,21,22)(H2,18,19,20);1H. The molecule has 6 nitrogen and oxygen atoms in total. The molecule has 3 N–H and O–H groups in total. The first-order chi connectivity index (χ1) is 11.0. The monoisotopic (exact) mass is 448 g/mol. The highest BCUT2D eigenvalue weighted by atomic mass is 127. The summed E-state index contributed by atoms with van der Waals surface area (Å²) in [6.07, 6.45) is 1.03. The minimum Gasteiger partial charge on any atom is -0.495 e. The molecule has 0 spiro atoms. The zero-order valence-corrected chi connectivity index (χ0v) is 17.4. The van der Waals surface area contributed by atoms with Crippen LogP contribution < -0.4 is 20.7 Å². The average molecular weight is 448 g/mol. The smallest absolute Gasteiger partial charge is 0.221 e. The number of benzene rings is 1. The number of nitrogens with one attached hydrogen (secondary N) is 3. The molecule has 1 rings (SSSR count). The molecule has 0 radical (unpaired) electrons. The molecule has 1 atom stereocenters. The molecule has 1 aromatic carbocycles. The van der Waals surface area contributed by atoms with E-state index in [2.05, 4.69) is 34.8 Å². The third-order valence-electron chi connectivity index (χ3n) is 3.33. The minimum atomic E-state index is -0.129. The molecule has 0 aliphatic carbocycles. The van der Waals surface area contributed by atoms with Crippen LogP contribution in [-0.4, -0.2) is 31.6 Å². The fourth-order valence-electron chi connectivity index (χ4n) is 1.97. The van der Waals surface area contributed by atoms with E-state index in [4.69, 9.17) is 4.74 Å². The molecule has 136 valence electrons. The third-order valence-corrected chi connectivity index (χ3v) is 3.33. The Morgan fingerprint density at radius 1 is 1.33 bits per heavy atom. The molecule has 1 amide bonds. The van der Waals surface area contributed by atoms with Gasteiger partial charge < -0.3 is 20.7 Å². The highest BCUT2D eigenvalue weighted by Gasteiger charge is 2.07. The van der Waals surface area contributed by atoms with E-state index in [1.54, 1.807) is 7.11 Å². The number of hydrogen-bond acceptors (Lipinski definition) is 3. The van der Waals surface area contributed by atoms with Crippen molar-refractivity contribution in [2.24, 2.45) is 4.99 Å². The molecule has 0 saturated heterocycles. The average Bonchev–Trinajstić information content (AvgIpc) is 2.52. The third kappa shape index (κ3) is 7.85. The van der Waals surface area contributed by atoms with E-state index < -0.39 is 0 Å². The largest absolute Gasteiger partial charge is 0.495 e. The summed E-state index contributed by atoms with van der Waals surface area (Å²) < 4.78 is 5.26. The maximum Gasteiger partial charge on any atom is 0.221 e. The molecule has 0 aliphatic rings. The topological polar surface area (TPSA) is 74.8 Å². The van der Waals surface area contributed by atoms with Crippen LogP contribution in [0.25, 0.3) is 0 Å². The normalized spacial score (nSPS) is 12.0. The minimum absolute atomic E-state index is 0. The molecule has 0 bridgehead atoms. The van der Waals surface area contributed by atoms with Gasteiger partial charge in [-0.15, -0.1) is 24.0 Å². The first kappa shape index (κ1) is 22.5. The van der Waals surface area contributed by atoms with Crippen molar-refractivity contribution in [1.82, 2.24) is 10.6 Å². The van der Waals surface area contributed by atoms with E-state index in [-0.39, 0.29) is 29.9 Å². The van der Waals surface area contributed by atoms with Crippen molar-refractivity contribution < 1.29 is 9.53 Å². The van der Waals surface area contributed by atoms with Gasteiger partial charge in [-0.1, -0.05) is 13.0 Å². The van der Waals surface area contributed by atoms with Crippen LogP contribution in [0.1, 0.15) is 39.7 Å².